The lowest BCUT2D eigenvalue weighted by molar-refractivity contribution is -0.132. The normalized spacial score (nSPS) is 21.7. The number of amides is 1. The molecule has 0 saturated carbocycles. The van der Waals surface area contributed by atoms with Crippen LogP contribution < -0.4 is 11.1 Å². The van der Waals surface area contributed by atoms with Gasteiger partial charge in [0.25, 0.3) is 0 Å². The minimum absolute atomic E-state index is 0.0193. The number of rotatable bonds is 5. The molecule has 1 saturated heterocycles. The van der Waals surface area contributed by atoms with E-state index < -0.39 is 11.0 Å². The van der Waals surface area contributed by atoms with Crippen LogP contribution in [0.2, 0.25) is 0 Å². The molecule has 0 spiro atoms. The van der Waals surface area contributed by atoms with Crippen molar-refractivity contribution in [2.75, 3.05) is 13.2 Å². The zero-order valence-corrected chi connectivity index (χ0v) is 12.2. The summed E-state index contributed by atoms with van der Waals surface area (Å²) in [4.78, 5) is 12.1. The van der Waals surface area contributed by atoms with Crippen molar-refractivity contribution < 1.29 is 9.53 Å². The fourth-order valence-electron chi connectivity index (χ4n) is 1.90. The smallest absolute Gasteiger partial charge is 0.227 e. The maximum atomic E-state index is 12.1. The Morgan fingerprint density at radius 1 is 1.33 bits per heavy atom. The highest BCUT2D eigenvalue weighted by Gasteiger charge is 2.40. The lowest BCUT2D eigenvalue weighted by Gasteiger charge is -2.37. The zero-order valence-electron chi connectivity index (χ0n) is 12.2. The monoisotopic (exact) mass is 256 g/mol. The average molecular weight is 256 g/mol. The molecule has 1 heterocycles. The van der Waals surface area contributed by atoms with E-state index in [4.69, 9.17) is 10.5 Å². The van der Waals surface area contributed by atoms with Crippen LogP contribution >= 0.6 is 0 Å². The van der Waals surface area contributed by atoms with Crippen molar-refractivity contribution in [3.8, 4) is 0 Å². The third-order valence-corrected chi connectivity index (χ3v) is 4.20. The van der Waals surface area contributed by atoms with Gasteiger partial charge in [-0.25, -0.2) is 0 Å². The van der Waals surface area contributed by atoms with Crippen LogP contribution in [0.5, 0.6) is 0 Å². The van der Waals surface area contributed by atoms with Crippen molar-refractivity contribution in [3.05, 3.63) is 0 Å². The number of hydrogen-bond acceptors (Lipinski definition) is 3. The summed E-state index contributed by atoms with van der Waals surface area (Å²) < 4.78 is 5.64. The van der Waals surface area contributed by atoms with E-state index in [1.54, 1.807) is 0 Å². The van der Waals surface area contributed by atoms with E-state index in [1.807, 2.05) is 27.7 Å². The van der Waals surface area contributed by atoms with E-state index in [1.165, 1.54) is 6.42 Å². The molecule has 106 valence electrons. The molecule has 4 nitrogen and oxygen atoms in total. The van der Waals surface area contributed by atoms with E-state index >= 15 is 0 Å². The summed E-state index contributed by atoms with van der Waals surface area (Å²) in [6, 6.07) is 0. The van der Waals surface area contributed by atoms with Gasteiger partial charge in [0.2, 0.25) is 5.91 Å². The van der Waals surface area contributed by atoms with Crippen LogP contribution in [0.3, 0.4) is 0 Å². The van der Waals surface area contributed by atoms with Crippen LogP contribution in [0.4, 0.5) is 0 Å². The number of nitrogens with one attached hydrogen (secondary N) is 1. The van der Waals surface area contributed by atoms with Gasteiger partial charge in [-0.3, -0.25) is 4.79 Å². The highest BCUT2D eigenvalue weighted by atomic mass is 16.5. The number of carbonyl (C=O) groups is 1. The molecule has 0 aromatic heterocycles. The topological polar surface area (TPSA) is 64.4 Å². The van der Waals surface area contributed by atoms with Gasteiger partial charge in [-0.05, 0) is 53.4 Å². The zero-order chi connectivity index (χ0) is 13.8. The first-order chi connectivity index (χ1) is 8.25. The second kappa shape index (κ2) is 6.02. The highest BCUT2D eigenvalue weighted by molar-refractivity contribution is 5.83. The lowest BCUT2D eigenvalue weighted by Crippen LogP contribution is -2.55. The first kappa shape index (κ1) is 15.4. The SMILES string of the molecule is CC(C)(N)C(C)(C)C(=O)NCCC1CCCCO1. The number of carbonyl (C=O) groups excluding carboxylic acids is 1. The quantitative estimate of drug-likeness (QED) is 0.788. The standard InChI is InChI=1S/C14H28N2O2/c1-13(2,14(3,4)15)12(17)16-9-8-11-7-5-6-10-18-11/h11H,5-10,15H2,1-4H3,(H,16,17). The summed E-state index contributed by atoms with van der Waals surface area (Å²) >= 11 is 0. The molecule has 1 aliphatic heterocycles. The molecule has 1 rings (SSSR count). The Labute approximate surface area is 111 Å². The van der Waals surface area contributed by atoms with E-state index in [9.17, 15) is 4.79 Å². The molecule has 1 aliphatic rings. The van der Waals surface area contributed by atoms with E-state index in [2.05, 4.69) is 5.32 Å². The van der Waals surface area contributed by atoms with Gasteiger partial charge in [-0.2, -0.15) is 0 Å². The number of hydrogen-bond donors (Lipinski definition) is 2. The lowest BCUT2D eigenvalue weighted by atomic mass is 9.74. The molecule has 1 amide bonds. The maximum absolute atomic E-state index is 12.1. The molecule has 0 aromatic rings. The Morgan fingerprint density at radius 3 is 2.50 bits per heavy atom. The molecule has 0 aromatic carbocycles. The van der Waals surface area contributed by atoms with Gasteiger partial charge in [-0.1, -0.05) is 0 Å². The maximum Gasteiger partial charge on any atom is 0.227 e. The molecule has 1 unspecified atom stereocenters. The number of ether oxygens (including phenoxy) is 1. The van der Waals surface area contributed by atoms with Crippen molar-refractivity contribution in [1.29, 1.82) is 0 Å². The summed E-state index contributed by atoms with van der Waals surface area (Å²) in [5, 5.41) is 2.98. The minimum Gasteiger partial charge on any atom is -0.378 e. The van der Waals surface area contributed by atoms with Crippen molar-refractivity contribution >= 4 is 5.91 Å². The van der Waals surface area contributed by atoms with E-state index in [0.29, 0.717) is 12.6 Å². The van der Waals surface area contributed by atoms with Gasteiger partial charge in [-0.15, -0.1) is 0 Å². The molecule has 18 heavy (non-hydrogen) atoms. The summed E-state index contributed by atoms with van der Waals surface area (Å²) in [7, 11) is 0. The molecule has 0 radical (unpaired) electrons. The second-order valence-electron chi connectivity index (χ2n) is 6.38. The van der Waals surface area contributed by atoms with E-state index in [0.717, 1.165) is 25.9 Å². The fourth-order valence-corrected chi connectivity index (χ4v) is 1.90. The summed E-state index contributed by atoms with van der Waals surface area (Å²) in [6.45, 7) is 9.08. The Kier molecular flexibility index (Phi) is 5.17. The van der Waals surface area contributed by atoms with Crippen LogP contribution in [0, 0.1) is 5.41 Å². The van der Waals surface area contributed by atoms with Gasteiger partial charge >= 0.3 is 0 Å². The van der Waals surface area contributed by atoms with Crippen molar-refractivity contribution in [3.63, 3.8) is 0 Å². The van der Waals surface area contributed by atoms with Crippen LogP contribution in [-0.2, 0) is 9.53 Å². The highest BCUT2D eigenvalue weighted by Crippen LogP contribution is 2.28. The largest absolute Gasteiger partial charge is 0.378 e. The van der Waals surface area contributed by atoms with E-state index in [-0.39, 0.29) is 5.91 Å². The molecule has 0 bridgehead atoms. The molecule has 1 fully saturated rings. The van der Waals surface area contributed by atoms with Crippen LogP contribution in [0.1, 0.15) is 53.4 Å². The summed E-state index contributed by atoms with van der Waals surface area (Å²) in [6.07, 6.45) is 4.72. The van der Waals surface area contributed by atoms with Gasteiger partial charge in [0.15, 0.2) is 0 Å². The first-order valence-electron chi connectivity index (χ1n) is 6.94. The van der Waals surface area contributed by atoms with Gasteiger partial charge in [0.1, 0.15) is 0 Å². The Morgan fingerprint density at radius 2 is 2.00 bits per heavy atom. The van der Waals surface area contributed by atoms with Crippen LogP contribution in [0.25, 0.3) is 0 Å². The Bertz CT molecular complexity index is 276. The molecule has 0 aliphatic carbocycles. The molecule has 3 N–H and O–H groups in total. The molecule has 4 heteroatoms. The van der Waals surface area contributed by atoms with Crippen molar-refractivity contribution in [2.45, 2.75) is 65.0 Å². The van der Waals surface area contributed by atoms with Gasteiger partial charge in [0, 0.05) is 18.7 Å². The second-order valence-corrected chi connectivity index (χ2v) is 6.38. The third-order valence-electron chi connectivity index (χ3n) is 4.20. The first-order valence-corrected chi connectivity index (χ1v) is 6.94. The Hall–Kier alpha value is -0.610. The van der Waals surface area contributed by atoms with Crippen molar-refractivity contribution in [1.82, 2.24) is 5.32 Å². The predicted molar refractivity (Wildman–Crippen MR) is 73.3 cm³/mol. The fraction of sp³-hybridized carbons (Fsp3) is 0.929. The average Bonchev–Trinajstić information content (AvgIpc) is 2.28. The summed E-state index contributed by atoms with van der Waals surface area (Å²) in [5.41, 5.74) is 4.94. The van der Waals surface area contributed by atoms with Gasteiger partial charge < -0.3 is 15.8 Å². The van der Waals surface area contributed by atoms with Crippen molar-refractivity contribution in [2.24, 2.45) is 11.1 Å². The minimum atomic E-state index is -0.569. The molecular weight excluding hydrogens is 228 g/mol. The Balaban J connectivity index is 2.32. The van der Waals surface area contributed by atoms with Crippen LogP contribution in [0.15, 0.2) is 0 Å². The molecule has 1 atom stereocenters. The molecular formula is C14H28N2O2. The third kappa shape index (κ3) is 3.95. The van der Waals surface area contributed by atoms with Gasteiger partial charge in [0.05, 0.1) is 11.5 Å². The van der Waals surface area contributed by atoms with Crippen LogP contribution in [-0.4, -0.2) is 30.7 Å². The predicted octanol–water partition coefficient (Wildman–Crippen LogP) is 1.83. The summed E-state index contributed by atoms with van der Waals surface area (Å²) in [5.74, 6) is 0.0193. The number of nitrogens with two attached hydrogens (primary N) is 1.